The van der Waals surface area contributed by atoms with Crippen LogP contribution < -0.4 is 4.90 Å². The van der Waals surface area contributed by atoms with Gasteiger partial charge in [-0.1, -0.05) is 42.0 Å². The Hall–Kier alpha value is -3.44. The number of para-hydroxylation sites is 2. The number of anilines is 1. The maximum Gasteiger partial charge on any atom is 0.260 e. The zero-order valence-electron chi connectivity index (χ0n) is 16.5. The smallest absolute Gasteiger partial charge is 0.260 e. The fourth-order valence-corrected chi connectivity index (χ4v) is 5.16. The molecule has 3 aromatic carbocycles. The highest BCUT2D eigenvalue weighted by Gasteiger charge is 2.29. The van der Waals surface area contributed by atoms with Crippen molar-refractivity contribution >= 4 is 44.3 Å². The van der Waals surface area contributed by atoms with Crippen LogP contribution in [0.2, 0.25) is 0 Å². The van der Waals surface area contributed by atoms with E-state index in [2.05, 4.69) is 53.3 Å². The highest BCUT2D eigenvalue weighted by atomic mass is 32.1. The van der Waals surface area contributed by atoms with Crippen molar-refractivity contribution in [3.8, 4) is 11.1 Å². The predicted octanol–water partition coefficient (Wildman–Crippen LogP) is 5.89. The van der Waals surface area contributed by atoms with Gasteiger partial charge in [0.25, 0.3) is 5.91 Å². The molecule has 0 N–H and O–H groups in total. The van der Waals surface area contributed by atoms with Crippen molar-refractivity contribution in [3.63, 3.8) is 0 Å². The molecule has 2 aromatic heterocycles. The molecule has 0 unspecified atom stereocenters. The summed E-state index contributed by atoms with van der Waals surface area (Å²) in [5, 5.41) is 3.28. The van der Waals surface area contributed by atoms with Crippen LogP contribution in [-0.2, 0) is 6.54 Å². The largest absolute Gasteiger partial charge is 0.308 e. The first-order chi connectivity index (χ1) is 14.7. The Morgan fingerprint density at radius 3 is 2.70 bits per heavy atom. The predicted molar refractivity (Wildman–Crippen MR) is 123 cm³/mol. The molecule has 5 aromatic rings. The second-order valence-corrected chi connectivity index (χ2v) is 8.68. The van der Waals surface area contributed by atoms with Crippen LogP contribution in [0.1, 0.15) is 15.9 Å². The van der Waals surface area contributed by atoms with Crippen LogP contribution in [0, 0.1) is 6.92 Å². The van der Waals surface area contributed by atoms with Gasteiger partial charge in [-0.05, 0) is 53.8 Å². The molecule has 0 saturated heterocycles. The highest BCUT2D eigenvalue weighted by molar-refractivity contribution is 7.17. The molecule has 1 aliphatic heterocycles. The van der Waals surface area contributed by atoms with Crippen LogP contribution >= 0.6 is 11.3 Å². The van der Waals surface area contributed by atoms with Crippen molar-refractivity contribution in [2.75, 3.05) is 11.4 Å². The molecule has 3 heterocycles. The van der Waals surface area contributed by atoms with E-state index in [0.717, 1.165) is 39.4 Å². The first kappa shape index (κ1) is 17.4. The lowest BCUT2D eigenvalue weighted by molar-refractivity contribution is 0.0989. The van der Waals surface area contributed by atoms with Crippen LogP contribution in [0.25, 0.3) is 32.2 Å². The molecule has 30 heavy (non-hydrogen) atoms. The van der Waals surface area contributed by atoms with Crippen molar-refractivity contribution in [2.24, 2.45) is 0 Å². The Kier molecular flexibility index (Phi) is 3.80. The number of rotatable bonds is 2. The molecular weight excluding hydrogens is 390 g/mol. The number of benzene rings is 3. The van der Waals surface area contributed by atoms with Gasteiger partial charge in [0.05, 0.1) is 11.0 Å². The van der Waals surface area contributed by atoms with Crippen LogP contribution in [0.15, 0.2) is 72.1 Å². The number of fused-ring (bicyclic) bond motifs is 4. The summed E-state index contributed by atoms with van der Waals surface area (Å²) in [6, 6.07) is 22.7. The molecule has 0 atom stereocenters. The van der Waals surface area contributed by atoms with Crippen molar-refractivity contribution in [1.29, 1.82) is 0 Å². The second-order valence-electron chi connectivity index (χ2n) is 7.73. The summed E-state index contributed by atoms with van der Waals surface area (Å²) in [5.41, 5.74) is 6.18. The normalized spacial score (nSPS) is 13.3. The zero-order chi connectivity index (χ0) is 20.2. The molecular formula is C25H19N3OS. The van der Waals surface area contributed by atoms with E-state index in [0.29, 0.717) is 12.1 Å². The SMILES string of the molecule is Cc1ccc(-c2cc(C(=O)N3CCn4c3nc3ccccc34)cc3sccc23)cc1. The van der Waals surface area contributed by atoms with Gasteiger partial charge in [0, 0.05) is 28.7 Å². The maximum atomic E-state index is 13.6. The van der Waals surface area contributed by atoms with Gasteiger partial charge >= 0.3 is 0 Å². The van der Waals surface area contributed by atoms with E-state index in [9.17, 15) is 4.79 Å². The van der Waals surface area contributed by atoms with Gasteiger partial charge in [0.1, 0.15) is 0 Å². The molecule has 4 nitrogen and oxygen atoms in total. The van der Waals surface area contributed by atoms with Crippen LogP contribution in [-0.4, -0.2) is 22.0 Å². The van der Waals surface area contributed by atoms with Gasteiger partial charge in [0.2, 0.25) is 5.95 Å². The number of thiophene rings is 1. The van der Waals surface area contributed by atoms with Crippen LogP contribution in [0.4, 0.5) is 5.95 Å². The van der Waals surface area contributed by atoms with E-state index in [-0.39, 0.29) is 5.91 Å². The van der Waals surface area contributed by atoms with Gasteiger partial charge in [-0.25, -0.2) is 4.98 Å². The Bertz CT molecular complexity index is 1430. The summed E-state index contributed by atoms with van der Waals surface area (Å²) in [4.78, 5) is 20.1. The number of aryl methyl sites for hydroxylation is 1. The standard InChI is InChI=1S/C25H19N3OS/c1-16-6-8-17(9-7-16)20-14-18(15-23-19(20)10-13-30-23)24(29)28-12-11-27-22-5-3-2-4-21(22)26-25(27)28/h2-10,13-15H,11-12H2,1H3. The number of aromatic nitrogens is 2. The maximum absolute atomic E-state index is 13.6. The minimum Gasteiger partial charge on any atom is -0.308 e. The molecule has 0 bridgehead atoms. The third kappa shape index (κ3) is 2.59. The first-order valence-electron chi connectivity index (χ1n) is 10.0. The van der Waals surface area contributed by atoms with E-state index in [1.165, 1.54) is 10.9 Å². The van der Waals surface area contributed by atoms with Gasteiger partial charge in [-0.3, -0.25) is 9.69 Å². The molecule has 0 aliphatic carbocycles. The first-order valence-corrected chi connectivity index (χ1v) is 10.9. The monoisotopic (exact) mass is 409 g/mol. The van der Waals surface area contributed by atoms with Crippen molar-refractivity contribution < 1.29 is 4.79 Å². The minimum atomic E-state index is 0.00715. The van der Waals surface area contributed by atoms with Crippen molar-refractivity contribution in [2.45, 2.75) is 13.5 Å². The number of carbonyl (C=O) groups is 1. The van der Waals surface area contributed by atoms with Crippen LogP contribution in [0.5, 0.6) is 0 Å². The number of nitrogens with zero attached hydrogens (tertiary/aromatic N) is 3. The van der Waals surface area contributed by atoms with E-state index in [1.54, 1.807) is 11.3 Å². The Morgan fingerprint density at radius 1 is 1.00 bits per heavy atom. The highest BCUT2D eigenvalue weighted by Crippen LogP contribution is 2.35. The molecule has 0 radical (unpaired) electrons. The quantitative estimate of drug-likeness (QED) is 0.365. The van der Waals surface area contributed by atoms with Crippen LogP contribution in [0.3, 0.4) is 0 Å². The average molecular weight is 410 g/mol. The van der Waals surface area contributed by atoms with Crippen molar-refractivity contribution in [3.05, 3.63) is 83.2 Å². The average Bonchev–Trinajstić information content (AvgIpc) is 3.48. The number of imidazole rings is 1. The second kappa shape index (κ2) is 6.54. The molecule has 0 fully saturated rings. The molecule has 0 saturated carbocycles. The summed E-state index contributed by atoms with van der Waals surface area (Å²) in [5.74, 6) is 0.747. The lowest BCUT2D eigenvalue weighted by Gasteiger charge is -2.15. The number of hydrogen-bond acceptors (Lipinski definition) is 3. The molecule has 0 spiro atoms. The third-order valence-electron chi connectivity index (χ3n) is 5.85. The van der Waals surface area contributed by atoms with Gasteiger partial charge in [-0.15, -0.1) is 11.3 Å². The summed E-state index contributed by atoms with van der Waals surface area (Å²) in [6.07, 6.45) is 0. The number of amides is 1. The van der Waals surface area contributed by atoms with Gasteiger partial charge in [0.15, 0.2) is 0 Å². The number of carbonyl (C=O) groups excluding carboxylic acids is 1. The Morgan fingerprint density at radius 2 is 1.83 bits per heavy atom. The lowest BCUT2D eigenvalue weighted by Crippen LogP contribution is -2.29. The van der Waals surface area contributed by atoms with Crippen molar-refractivity contribution in [1.82, 2.24) is 9.55 Å². The van der Waals surface area contributed by atoms with E-state index < -0.39 is 0 Å². The summed E-state index contributed by atoms with van der Waals surface area (Å²) in [6.45, 7) is 3.51. The van der Waals surface area contributed by atoms with E-state index in [4.69, 9.17) is 4.98 Å². The molecule has 1 amide bonds. The topological polar surface area (TPSA) is 38.1 Å². The fraction of sp³-hybridized carbons (Fsp3) is 0.120. The zero-order valence-corrected chi connectivity index (χ0v) is 17.3. The summed E-state index contributed by atoms with van der Waals surface area (Å²) >= 11 is 1.67. The Balaban J connectivity index is 1.47. The summed E-state index contributed by atoms with van der Waals surface area (Å²) < 4.78 is 3.27. The van der Waals surface area contributed by atoms with Gasteiger partial charge < -0.3 is 4.57 Å². The van der Waals surface area contributed by atoms with Gasteiger partial charge in [-0.2, -0.15) is 0 Å². The third-order valence-corrected chi connectivity index (χ3v) is 6.71. The molecule has 1 aliphatic rings. The Labute approximate surface area is 178 Å². The molecule has 6 rings (SSSR count). The molecule has 5 heteroatoms. The summed E-state index contributed by atoms with van der Waals surface area (Å²) in [7, 11) is 0. The van der Waals surface area contributed by atoms with E-state index in [1.807, 2.05) is 35.2 Å². The molecule has 146 valence electrons. The number of hydrogen-bond donors (Lipinski definition) is 0. The van der Waals surface area contributed by atoms with E-state index >= 15 is 0 Å². The fourth-order valence-electron chi connectivity index (χ4n) is 4.30. The lowest BCUT2D eigenvalue weighted by atomic mass is 9.98. The minimum absolute atomic E-state index is 0.00715.